The van der Waals surface area contributed by atoms with Gasteiger partial charge in [-0.15, -0.1) is 6.42 Å². The summed E-state index contributed by atoms with van der Waals surface area (Å²) in [4.78, 5) is 0. The molecule has 1 aromatic carbocycles. The monoisotopic (exact) mass is 189 g/mol. The molecular formula is C10H11N3O. The molecule has 0 fully saturated rings. The van der Waals surface area contributed by atoms with E-state index in [0.717, 1.165) is 5.56 Å². The van der Waals surface area contributed by atoms with Crippen molar-refractivity contribution in [3.05, 3.63) is 29.8 Å². The summed E-state index contributed by atoms with van der Waals surface area (Å²) in [5.41, 5.74) is 6.25. The molecule has 0 saturated heterocycles. The van der Waals surface area contributed by atoms with Crippen molar-refractivity contribution in [3.63, 3.8) is 0 Å². The lowest BCUT2D eigenvalue weighted by Gasteiger charge is -2.03. The van der Waals surface area contributed by atoms with E-state index >= 15 is 0 Å². The Morgan fingerprint density at radius 3 is 2.57 bits per heavy atom. The molecule has 4 heteroatoms. The van der Waals surface area contributed by atoms with E-state index in [1.165, 1.54) is 0 Å². The fourth-order valence-electron chi connectivity index (χ4n) is 0.921. The molecule has 0 amide bonds. The van der Waals surface area contributed by atoms with Crippen molar-refractivity contribution in [2.75, 3.05) is 6.61 Å². The highest BCUT2D eigenvalue weighted by Crippen LogP contribution is 2.11. The Labute approximate surface area is 82.5 Å². The molecule has 0 aromatic heterocycles. The lowest BCUT2D eigenvalue weighted by molar-refractivity contribution is 0.370. The second-order valence-electron chi connectivity index (χ2n) is 2.53. The van der Waals surface area contributed by atoms with E-state index in [2.05, 4.69) is 11.0 Å². The first kappa shape index (κ1) is 9.93. The molecule has 1 rings (SSSR count). The van der Waals surface area contributed by atoms with Crippen LogP contribution in [0.3, 0.4) is 0 Å². The highest BCUT2D eigenvalue weighted by molar-refractivity contribution is 5.97. The average Bonchev–Trinajstić information content (AvgIpc) is 2.26. The maximum absolute atomic E-state index is 5.50. The molecule has 0 aliphatic rings. The Morgan fingerprint density at radius 2 is 2.07 bits per heavy atom. The molecular weight excluding hydrogens is 178 g/mol. The van der Waals surface area contributed by atoms with Crippen LogP contribution >= 0.6 is 0 Å². The maximum atomic E-state index is 5.50. The zero-order valence-electron chi connectivity index (χ0n) is 7.60. The average molecular weight is 189 g/mol. The van der Waals surface area contributed by atoms with Gasteiger partial charge in [-0.25, -0.2) is 0 Å². The number of amidine groups is 1. The molecule has 1 aromatic rings. The van der Waals surface area contributed by atoms with Crippen molar-refractivity contribution >= 4 is 5.84 Å². The van der Waals surface area contributed by atoms with Crippen LogP contribution in [0.25, 0.3) is 0 Å². The fraction of sp³-hybridized carbons (Fsp3) is 0.100. The molecule has 0 spiro atoms. The molecule has 4 nitrogen and oxygen atoms in total. The Bertz CT molecular complexity index is 362. The summed E-state index contributed by atoms with van der Waals surface area (Å²) in [6.07, 6.45) is 5.05. The van der Waals surface area contributed by atoms with Crippen LogP contribution in [0.15, 0.2) is 29.4 Å². The van der Waals surface area contributed by atoms with Crippen LogP contribution in [0.2, 0.25) is 0 Å². The van der Waals surface area contributed by atoms with Gasteiger partial charge in [0.25, 0.3) is 0 Å². The van der Waals surface area contributed by atoms with Crippen molar-refractivity contribution in [2.24, 2.45) is 16.7 Å². The molecule has 0 bridgehead atoms. The molecule has 72 valence electrons. The largest absolute Gasteiger partial charge is 0.481 e. The number of nitrogens with zero attached hydrogens (tertiary/aromatic N) is 1. The van der Waals surface area contributed by atoms with Gasteiger partial charge in [-0.05, 0) is 24.3 Å². The third kappa shape index (κ3) is 2.42. The van der Waals surface area contributed by atoms with E-state index in [1.807, 2.05) is 0 Å². The van der Waals surface area contributed by atoms with Gasteiger partial charge in [0.05, 0.1) is 0 Å². The Hall–Kier alpha value is -2.15. The zero-order valence-corrected chi connectivity index (χ0v) is 7.60. The van der Waals surface area contributed by atoms with Crippen molar-refractivity contribution in [3.8, 4) is 18.1 Å². The highest BCUT2D eigenvalue weighted by atomic mass is 16.5. The third-order valence-electron chi connectivity index (χ3n) is 1.61. The van der Waals surface area contributed by atoms with E-state index < -0.39 is 0 Å². The minimum Gasteiger partial charge on any atom is -0.481 e. The molecule has 0 heterocycles. The molecule has 0 aliphatic heterocycles. The molecule has 0 aliphatic carbocycles. The van der Waals surface area contributed by atoms with Crippen LogP contribution < -0.4 is 16.3 Å². The number of hydrogen-bond donors (Lipinski definition) is 2. The summed E-state index contributed by atoms with van der Waals surface area (Å²) >= 11 is 0. The smallest absolute Gasteiger partial charge is 0.150 e. The second kappa shape index (κ2) is 4.77. The molecule has 14 heavy (non-hydrogen) atoms. The van der Waals surface area contributed by atoms with Crippen molar-refractivity contribution in [2.45, 2.75) is 0 Å². The van der Waals surface area contributed by atoms with Crippen LogP contribution in [0.4, 0.5) is 0 Å². The van der Waals surface area contributed by atoms with Crippen molar-refractivity contribution in [1.82, 2.24) is 0 Å². The van der Waals surface area contributed by atoms with Gasteiger partial charge in [0.15, 0.2) is 0 Å². The van der Waals surface area contributed by atoms with Crippen LogP contribution in [-0.2, 0) is 0 Å². The lowest BCUT2D eigenvalue weighted by Crippen LogP contribution is -2.15. The van der Waals surface area contributed by atoms with Crippen LogP contribution in [0.5, 0.6) is 5.75 Å². The summed E-state index contributed by atoms with van der Waals surface area (Å²) in [6, 6.07) is 7.03. The number of nitrogens with two attached hydrogens (primary N) is 2. The van der Waals surface area contributed by atoms with E-state index in [0.29, 0.717) is 5.75 Å². The number of ether oxygens (including phenoxy) is 1. The van der Waals surface area contributed by atoms with Crippen LogP contribution in [0.1, 0.15) is 5.56 Å². The van der Waals surface area contributed by atoms with Crippen LogP contribution in [-0.4, -0.2) is 12.4 Å². The molecule has 0 saturated carbocycles. The molecule has 0 unspecified atom stereocenters. The standard InChI is InChI=1S/C10H11N3O/c1-2-7-14-9-5-3-8(4-6-9)10(11)13-12/h1,3-6H,7,12H2,(H2,11,13). The van der Waals surface area contributed by atoms with Crippen molar-refractivity contribution < 1.29 is 4.74 Å². The van der Waals surface area contributed by atoms with E-state index in [4.69, 9.17) is 22.7 Å². The topological polar surface area (TPSA) is 73.6 Å². The first-order chi connectivity index (χ1) is 6.77. The molecule has 4 N–H and O–H groups in total. The number of hydrazone groups is 1. The highest BCUT2D eigenvalue weighted by Gasteiger charge is 1.97. The van der Waals surface area contributed by atoms with Gasteiger partial charge in [-0.3, -0.25) is 0 Å². The van der Waals surface area contributed by atoms with Gasteiger partial charge in [0.1, 0.15) is 18.2 Å². The molecule has 0 radical (unpaired) electrons. The first-order valence-electron chi connectivity index (χ1n) is 3.98. The minimum atomic E-state index is 0.250. The molecule has 0 atom stereocenters. The van der Waals surface area contributed by atoms with Gasteiger partial charge in [0, 0.05) is 5.56 Å². The van der Waals surface area contributed by atoms with E-state index in [9.17, 15) is 0 Å². The predicted molar refractivity (Wildman–Crippen MR) is 55.7 cm³/mol. The minimum absolute atomic E-state index is 0.250. The number of rotatable bonds is 3. The second-order valence-corrected chi connectivity index (χ2v) is 2.53. The van der Waals surface area contributed by atoms with E-state index in [-0.39, 0.29) is 12.4 Å². The summed E-state index contributed by atoms with van der Waals surface area (Å²) in [7, 11) is 0. The number of benzene rings is 1. The van der Waals surface area contributed by atoms with Gasteiger partial charge >= 0.3 is 0 Å². The van der Waals surface area contributed by atoms with Gasteiger partial charge < -0.3 is 16.3 Å². The summed E-state index contributed by atoms with van der Waals surface area (Å²) in [5.74, 6) is 8.38. The number of terminal acetylenes is 1. The van der Waals surface area contributed by atoms with E-state index in [1.54, 1.807) is 24.3 Å². The zero-order chi connectivity index (χ0) is 10.4. The SMILES string of the molecule is C#CCOc1ccc(/C(N)=N/N)cc1. The lowest BCUT2D eigenvalue weighted by atomic mass is 10.2. The Morgan fingerprint density at radius 1 is 1.43 bits per heavy atom. The first-order valence-corrected chi connectivity index (χ1v) is 3.98. The summed E-state index contributed by atoms with van der Waals surface area (Å²) in [6.45, 7) is 0.250. The third-order valence-corrected chi connectivity index (χ3v) is 1.61. The fourth-order valence-corrected chi connectivity index (χ4v) is 0.921. The quantitative estimate of drug-likeness (QED) is 0.236. The predicted octanol–water partition coefficient (Wildman–Crippen LogP) is 0.278. The summed E-state index contributed by atoms with van der Waals surface area (Å²) in [5, 5.41) is 3.37. The van der Waals surface area contributed by atoms with Gasteiger partial charge in [0.2, 0.25) is 0 Å². The Kier molecular flexibility index (Phi) is 3.39. The van der Waals surface area contributed by atoms with Crippen LogP contribution in [0, 0.1) is 12.3 Å². The number of hydrogen-bond acceptors (Lipinski definition) is 3. The Balaban J connectivity index is 2.74. The van der Waals surface area contributed by atoms with Gasteiger partial charge in [-0.2, -0.15) is 5.10 Å². The van der Waals surface area contributed by atoms with Gasteiger partial charge in [-0.1, -0.05) is 5.92 Å². The summed E-state index contributed by atoms with van der Waals surface area (Å²) < 4.78 is 5.18. The maximum Gasteiger partial charge on any atom is 0.150 e. The van der Waals surface area contributed by atoms with Crippen molar-refractivity contribution in [1.29, 1.82) is 0 Å². The normalized spacial score (nSPS) is 10.6.